The predicted molar refractivity (Wildman–Crippen MR) is 46.7 cm³/mol. The molecular formula is C8H10N2O3. The van der Waals surface area contributed by atoms with Crippen molar-refractivity contribution in [2.24, 2.45) is 0 Å². The van der Waals surface area contributed by atoms with Crippen LogP contribution in [0, 0.1) is 13.8 Å². The van der Waals surface area contributed by atoms with Crippen LogP contribution in [0.2, 0.25) is 0 Å². The minimum Gasteiger partial charge on any atom is -0.504 e. The smallest absolute Gasteiger partial charge is 0.358 e. The van der Waals surface area contributed by atoms with E-state index < -0.39 is 17.4 Å². The van der Waals surface area contributed by atoms with E-state index in [0.717, 1.165) is 0 Å². The molecule has 1 heterocycles. The predicted octanol–water partition coefficient (Wildman–Crippen LogP) is 0.684. The molecule has 4 N–H and O–H groups in total. The van der Waals surface area contributed by atoms with Gasteiger partial charge in [0.25, 0.3) is 0 Å². The van der Waals surface area contributed by atoms with Gasteiger partial charge in [0, 0.05) is 5.69 Å². The van der Waals surface area contributed by atoms with E-state index in [9.17, 15) is 9.90 Å². The number of nitrogen functional groups attached to an aromatic ring is 1. The maximum absolute atomic E-state index is 10.6. The van der Waals surface area contributed by atoms with Crippen LogP contribution >= 0.6 is 0 Å². The highest BCUT2D eigenvalue weighted by Crippen LogP contribution is 2.28. The number of aryl methyl sites for hydroxylation is 1. The number of hydrogen-bond donors (Lipinski definition) is 3. The first kappa shape index (κ1) is 9.31. The summed E-state index contributed by atoms with van der Waals surface area (Å²) < 4.78 is 0. The highest BCUT2D eigenvalue weighted by molar-refractivity contribution is 5.91. The minimum absolute atomic E-state index is 0.0740. The molecule has 0 aromatic carbocycles. The summed E-state index contributed by atoms with van der Waals surface area (Å²) in [6.45, 7) is 3.31. The van der Waals surface area contributed by atoms with E-state index in [2.05, 4.69) is 4.98 Å². The molecule has 0 amide bonds. The second kappa shape index (κ2) is 2.93. The third-order valence-corrected chi connectivity index (χ3v) is 1.91. The molecule has 0 aliphatic rings. The van der Waals surface area contributed by atoms with Gasteiger partial charge in [0.1, 0.15) is 0 Å². The Hall–Kier alpha value is -1.78. The van der Waals surface area contributed by atoms with Crippen molar-refractivity contribution in [2.75, 3.05) is 5.73 Å². The van der Waals surface area contributed by atoms with Crippen molar-refractivity contribution in [3.8, 4) is 5.75 Å². The van der Waals surface area contributed by atoms with Crippen LogP contribution in [0.1, 0.15) is 21.7 Å². The fourth-order valence-corrected chi connectivity index (χ4v) is 0.954. The lowest BCUT2D eigenvalue weighted by atomic mass is 10.1. The first-order chi connectivity index (χ1) is 5.95. The number of carbonyl (C=O) groups is 1. The summed E-state index contributed by atoms with van der Waals surface area (Å²) >= 11 is 0. The molecule has 5 heteroatoms. The van der Waals surface area contributed by atoms with Crippen molar-refractivity contribution in [3.63, 3.8) is 0 Å². The van der Waals surface area contributed by atoms with Crippen molar-refractivity contribution >= 4 is 11.7 Å². The van der Waals surface area contributed by atoms with Gasteiger partial charge >= 0.3 is 5.97 Å². The number of anilines is 1. The number of carboxylic acids is 1. The van der Waals surface area contributed by atoms with Crippen LogP contribution in [0.25, 0.3) is 0 Å². The van der Waals surface area contributed by atoms with E-state index in [4.69, 9.17) is 10.8 Å². The molecule has 0 saturated carbocycles. The van der Waals surface area contributed by atoms with E-state index in [1.165, 1.54) is 0 Å². The maximum Gasteiger partial charge on any atom is 0.358 e. The Morgan fingerprint density at radius 2 is 2.00 bits per heavy atom. The topological polar surface area (TPSA) is 96.4 Å². The van der Waals surface area contributed by atoms with Crippen LogP contribution in [-0.2, 0) is 0 Å². The van der Waals surface area contributed by atoms with E-state index >= 15 is 0 Å². The summed E-state index contributed by atoms with van der Waals surface area (Å²) in [5.41, 5.74) is 6.25. The van der Waals surface area contributed by atoms with Gasteiger partial charge < -0.3 is 15.9 Å². The minimum atomic E-state index is -1.28. The number of nitrogens with two attached hydrogens (primary N) is 1. The van der Waals surface area contributed by atoms with Crippen LogP contribution in [0.4, 0.5) is 5.69 Å². The zero-order chi connectivity index (χ0) is 10.2. The van der Waals surface area contributed by atoms with Crippen molar-refractivity contribution in [3.05, 3.63) is 17.0 Å². The Labute approximate surface area is 74.8 Å². The third kappa shape index (κ3) is 1.40. The number of carboxylic acid groups (broad SMARTS) is 1. The van der Waals surface area contributed by atoms with Crippen LogP contribution in [0.15, 0.2) is 0 Å². The lowest BCUT2D eigenvalue weighted by Crippen LogP contribution is -2.06. The van der Waals surface area contributed by atoms with E-state index in [1.807, 2.05) is 0 Å². The molecular weight excluding hydrogens is 172 g/mol. The van der Waals surface area contributed by atoms with Crippen LogP contribution < -0.4 is 5.73 Å². The summed E-state index contributed by atoms with van der Waals surface area (Å²) in [7, 11) is 0. The van der Waals surface area contributed by atoms with Crippen molar-refractivity contribution in [2.45, 2.75) is 13.8 Å². The molecule has 0 spiro atoms. The van der Waals surface area contributed by atoms with Crippen molar-refractivity contribution in [1.82, 2.24) is 4.98 Å². The van der Waals surface area contributed by atoms with Gasteiger partial charge in [-0.15, -0.1) is 0 Å². The molecule has 1 aromatic heterocycles. The maximum atomic E-state index is 10.6. The van der Waals surface area contributed by atoms with Gasteiger partial charge in [-0.3, -0.25) is 0 Å². The number of nitrogens with zero attached hydrogens (tertiary/aromatic N) is 1. The number of pyridine rings is 1. The summed E-state index contributed by atoms with van der Waals surface area (Å²) in [5, 5.41) is 17.9. The van der Waals surface area contributed by atoms with Crippen LogP contribution in [-0.4, -0.2) is 21.2 Å². The Balaban J connectivity index is 3.50. The van der Waals surface area contributed by atoms with Gasteiger partial charge in [-0.05, 0) is 19.4 Å². The van der Waals surface area contributed by atoms with E-state index in [-0.39, 0.29) is 5.69 Å². The molecule has 0 saturated heterocycles. The first-order valence-corrected chi connectivity index (χ1v) is 3.64. The Kier molecular flexibility index (Phi) is 2.10. The molecule has 0 radical (unpaired) electrons. The first-order valence-electron chi connectivity index (χ1n) is 3.64. The highest BCUT2D eigenvalue weighted by atomic mass is 16.4. The van der Waals surface area contributed by atoms with Gasteiger partial charge in [0.15, 0.2) is 11.4 Å². The monoisotopic (exact) mass is 182 g/mol. The lowest BCUT2D eigenvalue weighted by molar-refractivity contribution is 0.0687. The molecule has 0 unspecified atom stereocenters. The molecule has 0 bridgehead atoms. The van der Waals surface area contributed by atoms with Crippen LogP contribution in [0.3, 0.4) is 0 Å². The number of aromatic hydroxyl groups is 1. The zero-order valence-electron chi connectivity index (χ0n) is 7.33. The molecule has 1 aromatic rings. The molecule has 0 aliphatic carbocycles. The van der Waals surface area contributed by atoms with E-state index in [1.54, 1.807) is 13.8 Å². The summed E-state index contributed by atoms with van der Waals surface area (Å²) in [6.07, 6.45) is 0. The van der Waals surface area contributed by atoms with Crippen molar-refractivity contribution < 1.29 is 15.0 Å². The highest BCUT2D eigenvalue weighted by Gasteiger charge is 2.17. The standard InChI is InChI=1S/C8H10N2O3/c1-3-4(2)10-6(8(12)13)7(11)5(3)9/h11H,1-2H3,(H2,9,10)(H,12,13). The average Bonchev–Trinajstić information content (AvgIpc) is 2.07. The van der Waals surface area contributed by atoms with Crippen LogP contribution in [0.5, 0.6) is 5.75 Å². The zero-order valence-corrected chi connectivity index (χ0v) is 7.33. The second-order valence-electron chi connectivity index (χ2n) is 2.74. The molecule has 0 fully saturated rings. The summed E-state index contributed by atoms with van der Waals surface area (Å²) in [6, 6.07) is 0. The molecule has 0 atom stereocenters. The molecule has 0 aliphatic heterocycles. The van der Waals surface area contributed by atoms with E-state index in [0.29, 0.717) is 11.3 Å². The fraction of sp³-hybridized carbons (Fsp3) is 0.250. The average molecular weight is 182 g/mol. The Morgan fingerprint density at radius 3 is 2.46 bits per heavy atom. The van der Waals surface area contributed by atoms with Gasteiger partial charge in [-0.2, -0.15) is 0 Å². The SMILES string of the molecule is Cc1nc(C(=O)O)c(O)c(N)c1C. The van der Waals surface area contributed by atoms with Gasteiger partial charge in [0.2, 0.25) is 0 Å². The quantitative estimate of drug-likeness (QED) is 0.593. The molecule has 13 heavy (non-hydrogen) atoms. The number of aromatic nitrogens is 1. The second-order valence-corrected chi connectivity index (χ2v) is 2.74. The third-order valence-electron chi connectivity index (χ3n) is 1.91. The summed E-state index contributed by atoms with van der Waals surface area (Å²) in [5.74, 6) is -1.75. The van der Waals surface area contributed by atoms with Crippen molar-refractivity contribution in [1.29, 1.82) is 0 Å². The number of hydrogen-bond acceptors (Lipinski definition) is 4. The largest absolute Gasteiger partial charge is 0.504 e. The van der Waals surface area contributed by atoms with Gasteiger partial charge in [-0.1, -0.05) is 0 Å². The summed E-state index contributed by atoms with van der Waals surface area (Å²) in [4.78, 5) is 14.3. The number of rotatable bonds is 1. The number of aromatic carboxylic acids is 1. The Morgan fingerprint density at radius 1 is 1.46 bits per heavy atom. The fourth-order valence-electron chi connectivity index (χ4n) is 0.954. The van der Waals surface area contributed by atoms with Gasteiger partial charge in [-0.25, -0.2) is 9.78 Å². The molecule has 1 rings (SSSR count). The lowest BCUT2D eigenvalue weighted by Gasteiger charge is -2.07. The molecule has 70 valence electrons. The van der Waals surface area contributed by atoms with Gasteiger partial charge in [0.05, 0.1) is 5.69 Å². The Bertz CT molecular complexity index is 374. The molecule has 5 nitrogen and oxygen atoms in total. The normalized spacial score (nSPS) is 10.0.